The van der Waals surface area contributed by atoms with Crippen LogP contribution in [0.3, 0.4) is 0 Å². The number of amides is 1. The lowest BCUT2D eigenvalue weighted by Crippen LogP contribution is -2.33. The highest BCUT2D eigenvalue weighted by Crippen LogP contribution is 2.32. The van der Waals surface area contributed by atoms with E-state index in [2.05, 4.69) is 15.0 Å². The Balaban J connectivity index is 1.50. The van der Waals surface area contributed by atoms with Gasteiger partial charge in [-0.1, -0.05) is 23.7 Å². The van der Waals surface area contributed by atoms with Gasteiger partial charge in [-0.05, 0) is 44.2 Å². The Morgan fingerprint density at radius 1 is 1.18 bits per heavy atom. The summed E-state index contributed by atoms with van der Waals surface area (Å²) in [5.41, 5.74) is 1.85. The highest BCUT2D eigenvalue weighted by atomic mass is 35.5. The molecule has 0 unspecified atom stereocenters. The summed E-state index contributed by atoms with van der Waals surface area (Å²) in [4.78, 5) is 38.9. The molecule has 2 aromatic carbocycles. The standard InChI is InChI=1S/C24H23ClN4O3S/c1-3-29(13-21-27-19-11-15(25)9-10-17(19)23(31)28-21)22(30)12-16-14-33-24(26-16)18-7-5-6-8-20(18)32-4-2/h5-11,14H,3-4,12-13H2,1-2H3,(H,27,28,31). The first-order valence-corrected chi connectivity index (χ1v) is 11.9. The molecule has 0 aliphatic rings. The highest BCUT2D eigenvalue weighted by Gasteiger charge is 2.18. The van der Waals surface area contributed by atoms with Crippen molar-refractivity contribution in [1.82, 2.24) is 19.9 Å². The number of halogens is 1. The van der Waals surface area contributed by atoms with Gasteiger partial charge in [-0.15, -0.1) is 11.3 Å². The second-order valence-electron chi connectivity index (χ2n) is 7.33. The van der Waals surface area contributed by atoms with E-state index in [0.29, 0.717) is 40.6 Å². The Kier molecular flexibility index (Phi) is 7.05. The lowest BCUT2D eigenvalue weighted by atomic mass is 10.2. The van der Waals surface area contributed by atoms with Crippen molar-refractivity contribution in [2.45, 2.75) is 26.8 Å². The van der Waals surface area contributed by atoms with Crippen LogP contribution in [-0.4, -0.2) is 38.9 Å². The van der Waals surface area contributed by atoms with Crippen molar-refractivity contribution in [1.29, 1.82) is 0 Å². The number of carbonyl (C=O) groups excluding carboxylic acids is 1. The van der Waals surface area contributed by atoms with Crippen molar-refractivity contribution in [3.05, 3.63) is 74.7 Å². The molecule has 0 fully saturated rings. The molecule has 0 bridgehead atoms. The third kappa shape index (κ3) is 5.23. The van der Waals surface area contributed by atoms with Crippen molar-refractivity contribution in [3.8, 4) is 16.3 Å². The van der Waals surface area contributed by atoms with Crippen molar-refractivity contribution in [2.75, 3.05) is 13.2 Å². The van der Waals surface area contributed by atoms with Crippen LogP contribution in [0.5, 0.6) is 5.75 Å². The van der Waals surface area contributed by atoms with Crippen LogP contribution in [0, 0.1) is 0 Å². The number of nitrogens with one attached hydrogen (secondary N) is 1. The topological polar surface area (TPSA) is 88.2 Å². The minimum absolute atomic E-state index is 0.0960. The molecule has 4 rings (SSSR count). The average Bonchev–Trinajstić information content (AvgIpc) is 3.26. The number of aromatic nitrogens is 3. The number of nitrogens with zero attached hydrogens (tertiary/aromatic N) is 3. The average molecular weight is 483 g/mol. The number of para-hydroxylation sites is 1. The van der Waals surface area contributed by atoms with Crippen molar-refractivity contribution >= 4 is 39.7 Å². The molecule has 0 saturated carbocycles. The Morgan fingerprint density at radius 2 is 2.00 bits per heavy atom. The lowest BCUT2D eigenvalue weighted by Gasteiger charge is -2.20. The van der Waals surface area contributed by atoms with E-state index in [4.69, 9.17) is 16.3 Å². The number of aromatic amines is 1. The molecule has 0 aliphatic carbocycles. The fourth-order valence-electron chi connectivity index (χ4n) is 3.50. The maximum Gasteiger partial charge on any atom is 0.258 e. The zero-order valence-electron chi connectivity index (χ0n) is 18.3. The number of ether oxygens (including phenoxy) is 1. The first-order chi connectivity index (χ1) is 16.0. The van der Waals surface area contributed by atoms with Gasteiger partial charge < -0.3 is 14.6 Å². The summed E-state index contributed by atoms with van der Waals surface area (Å²) >= 11 is 7.52. The Bertz CT molecular complexity index is 1350. The lowest BCUT2D eigenvalue weighted by molar-refractivity contribution is -0.131. The normalized spacial score (nSPS) is 11.0. The van der Waals surface area contributed by atoms with Gasteiger partial charge >= 0.3 is 0 Å². The highest BCUT2D eigenvalue weighted by molar-refractivity contribution is 7.13. The van der Waals surface area contributed by atoms with Crippen molar-refractivity contribution < 1.29 is 9.53 Å². The molecule has 0 spiro atoms. The van der Waals surface area contributed by atoms with Crippen LogP contribution in [0.25, 0.3) is 21.5 Å². The number of carbonyl (C=O) groups is 1. The number of hydrogen-bond donors (Lipinski definition) is 1. The van der Waals surface area contributed by atoms with Crippen LogP contribution in [-0.2, 0) is 17.8 Å². The van der Waals surface area contributed by atoms with Gasteiger partial charge in [-0.2, -0.15) is 0 Å². The number of rotatable bonds is 8. The smallest absolute Gasteiger partial charge is 0.258 e. The van der Waals surface area contributed by atoms with Crippen LogP contribution < -0.4 is 10.3 Å². The molecule has 7 nitrogen and oxygen atoms in total. The predicted octanol–water partition coefficient (Wildman–Crippen LogP) is 4.69. The molecule has 1 amide bonds. The Labute approximate surface area is 200 Å². The molecule has 0 saturated heterocycles. The Morgan fingerprint density at radius 3 is 2.79 bits per heavy atom. The summed E-state index contributed by atoms with van der Waals surface area (Å²) in [6.07, 6.45) is 0.158. The monoisotopic (exact) mass is 482 g/mol. The van der Waals surface area contributed by atoms with E-state index in [1.165, 1.54) is 11.3 Å². The van der Waals surface area contributed by atoms with Gasteiger partial charge in [0.25, 0.3) is 5.56 Å². The quantitative estimate of drug-likeness (QED) is 0.393. The van der Waals surface area contributed by atoms with E-state index >= 15 is 0 Å². The summed E-state index contributed by atoms with van der Waals surface area (Å²) < 4.78 is 5.70. The Hall–Kier alpha value is -3.23. The summed E-state index contributed by atoms with van der Waals surface area (Å²) in [7, 11) is 0. The van der Waals surface area contributed by atoms with E-state index in [1.54, 1.807) is 23.1 Å². The third-order valence-corrected chi connectivity index (χ3v) is 6.25. The molecule has 1 N–H and O–H groups in total. The van der Waals surface area contributed by atoms with Gasteiger partial charge in [-0.3, -0.25) is 9.59 Å². The van der Waals surface area contributed by atoms with Crippen LogP contribution in [0.1, 0.15) is 25.4 Å². The number of fused-ring (bicyclic) bond motifs is 1. The van der Waals surface area contributed by atoms with Gasteiger partial charge in [0.2, 0.25) is 5.91 Å². The molecular weight excluding hydrogens is 460 g/mol. The molecular formula is C24H23ClN4O3S. The van der Waals surface area contributed by atoms with Crippen LogP contribution in [0.4, 0.5) is 0 Å². The number of benzene rings is 2. The number of hydrogen-bond acceptors (Lipinski definition) is 6. The minimum atomic E-state index is -0.257. The summed E-state index contributed by atoms with van der Waals surface area (Å²) in [5.74, 6) is 1.09. The first kappa shape index (κ1) is 22.9. The molecule has 0 atom stereocenters. The van der Waals surface area contributed by atoms with Crippen LogP contribution in [0.2, 0.25) is 5.02 Å². The van der Waals surface area contributed by atoms with E-state index < -0.39 is 0 Å². The molecule has 33 heavy (non-hydrogen) atoms. The van der Waals surface area contributed by atoms with E-state index in [-0.39, 0.29) is 24.4 Å². The van der Waals surface area contributed by atoms with Gasteiger partial charge in [0, 0.05) is 16.9 Å². The van der Waals surface area contributed by atoms with Crippen molar-refractivity contribution in [2.24, 2.45) is 0 Å². The number of likely N-dealkylation sites (N-methyl/N-ethyl adjacent to an activating group) is 1. The largest absolute Gasteiger partial charge is 0.493 e. The van der Waals surface area contributed by atoms with Crippen molar-refractivity contribution in [3.63, 3.8) is 0 Å². The fourth-order valence-corrected chi connectivity index (χ4v) is 4.51. The van der Waals surface area contributed by atoms with Crippen LogP contribution in [0.15, 0.2) is 52.6 Å². The first-order valence-electron chi connectivity index (χ1n) is 10.6. The summed E-state index contributed by atoms with van der Waals surface area (Å²) in [5, 5.41) is 3.66. The molecule has 0 radical (unpaired) electrons. The SMILES string of the molecule is CCOc1ccccc1-c1nc(CC(=O)N(CC)Cc2nc3cc(Cl)ccc3c(=O)[nH]2)cs1. The van der Waals surface area contributed by atoms with E-state index in [0.717, 1.165) is 16.3 Å². The van der Waals surface area contributed by atoms with E-state index in [9.17, 15) is 9.59 Å². The second kappa shape index (κ2) is 10.1. The summed E-state index contributed by atoms with van der Waals surface area (Å²) in [6.45, 7) is 5.06. The number of H-pyrrole nitrogens is 1. The fraction of sp³-hybridized carbons (Fsp3) is 0.250. The van der Waals surface area contributed by atoms with E-state index in [1.807, 2.05) is 43.5 Å². The maximum atomic E-state index is 13.0. The predicted molar refractivity (Wildman–Crippen MR) is 131 cm³/mol. The molecule has 9 heteroatoms. The zero-order valence-corrected chi connectivity index (χ0v) is 19.9. The van der Waals surface area contributed by atoms with Crippen LogP contribution >= 0.6 is 22.9 Å². The molecule has 4 aromatic rings. The van der Waals surface area contributed by atoms with Gasteiger partial charge in [-0.25, -0.2) is 9.97 Å². The third-order valence-electron chi connectivity index (χ3n) is 5.09. The maximum absolute atomic E-state index is 13.0. The molecule has 2 aromatic heterocycles. The van der Waals surface area contributed by atoms with Gasteiger partial charge in [0.1, 0.15) is 16.6 Å². The zero-order chi connectivity index (χ0) is 23.4. The number of thiazole rings is 1. The minimum Gasteiger partial charge on any atom is -0.493 e. The molecule has 170 valence electrons. The molecule has 0 aliphatic heterocycles. The van der Waals surface area contributed by atoms with Gasteiger partial charge in [0.15, 0.2) is 0 Å². The summed E-state index contributed by atoms with van der Waals surface area (Å²) in [6, 6.07) is 12.7. The van der Waals surface area contributed by atoms with Gasteiger partial charge in [0.05, 0.1) is 41.7 Å². The molecule has 2 heterocycles. The second-order valence-corrected chi connectivity index (χ2v) is 8.63.